The van der Waals surface area contributed by atoms with Crippen LogP contribution in [0.2, 0.25) is 0 Å². The van der Waals surface area contributed by atoms with Gasteiger partial charge in [0.1, 0.15) is 12.6 Å². The molecule has 8 heteroatoms. The van der Waals surface area contributed by atoms with Gasteiger partial charge in [0.15, 0.2) is 6.10 Å². The van der Waals surface area contributed by atoms with Crippen molar-refractivity contribution in [2.45, 2.75) is 212 Å². The van der Waals surface area contributed by atoms with Gasteiger partial charge in [0.2, 0.25) is 0 Å². The van der Waals surface area contributed by atoms with Crippen LogP contribution in [0.15, 0.2) is 24.3 Å². The quantitative estimate of drug-likeness (QED) is 0.0265. The zero-order chi connectivity index (χ0) is 40.0. The monoisotopic (exact) mass is 764 g/mol. The number of likely N-dealkylation sites (N-methyl/N-ethyl adjacent to an activating group) is 1. The van der Waals surface area contributed by atoms with Crippen LogP contribution in [-0.2, 0) is 28.6 Å². The maximum atomic E-state index is 12.6. The van der Waals surface area contributed by atoms with E-state index in [1.54, 1.807) is 21.1 Å². The Kier molecular flexibility index (Phi) is 36.2. The molecule has 0 rings (SSSR count). The molecule has 0 aliphatic heterocycles. The normalized spacial score (nSPS) is 13.1. The molecule has 0 aromatic carbocycles. The van der Waals surface area contributed by atoms with Crippen molar-refractivity contribution in [2.24, 2.45) is 0 Å². The van der Waals surface area contributed by atoms with Gasteiger partial charge in [0.25, 0.3) is 0 Å². The number of hydrogen-bond donors (Lipinski definition) is 0. The molecule has 0 saturated carbocycles. The Morgan fingerprint density at radius 3 is 1.52 bits per heavy atom. The number of hydrogen-bond acceptors (Lipinski definition) is 7. The second-order valence-corrected chi connectivity index (χ2v) is 16.3. The Balaban J connectivity index is 4.16. The summed E-state index contributed by atoms with van der Waals surface area (Å²) in [6.45, 7) is 4.55. The van der Waals surface area contributed by atoms with E-state index in [1.165, 1.54) is 116 Å². The second kappa shape index (κ2) is 37.7. The minimum Gasteiger partial charge on any atom is -0.544 e. The third-order valence-electron chi connectivity index (χ3n) is 10.1. The number of carbonyl (C=O) groups is 3. The Bertz CT molecular complexity index is 942. The lowest BCUT2D eigenvalue weighted by Crippen LogP contribution is -2.55. The molecule has 8 nitrogen and oxygen atoms in total. The first-order valence-corrected chi connectivity index (χ1v) is 22.4. The maximum Gasteiger partial charge on any atom is 0.306 e. The third kappa shape index (κ3) is 35.5. The molecule has 0 heterocycles. The number of quaternary nitrogens is 1. The van der Waals surface area contributed by atoms with Crippen LogP contribution < -0.4 is 5.11 Å². The number of carboxylic acid groups (broad SMARTS) is 1. The van der Waals surface area contributed by atoms with Crippen LogP contribution in [0.5, 0.6) is 0 Å². The molecule has 54 heavy (non-hydrogen) atoms. The van der Waals surface area contributed by atoms with Crippen molar-refractivity contribution in [2.75, 3.05) is 41.0 Å². The van der Waals surface area contributed by atoms with E-state index in [9.17, 15) is 19.5 Å². The number of aliphatic carboxylic acids is 1. The van der Waals surface area contributed by atoms with E-state index in [1.807, 2.05) is 0 Å². The zero-order valence-corrected chi connectivity index (χ0v) is 35.9. The molecule has 0 spiro atoms. The van der Waals surface area contributed by atoms with E-state index in [2.05, 4.69) is 38.2 Å². The molecule has 0 aliphatic carbocycles. The summed E-state index contributed by atoms with van der Waals surface area (Å²) in [5, 5.41) is 11.6. The van der Waals surface area contributed by atoms with Gasteiger partial charge in [-0.15, -0.1) is 0 Å². The topological polar surface area (TPSA) is 102 Å². The van der Waals surface area contributed by atoms with Gasteiger partial charge in [0, 0.05) is 19.3 Å². The molecular formula is C46H85NO7. The van der Waals surface area contributed by atoms with Crippen molar-refractivity contribution in [1.29, 1.82) is 0 Å². The number of unbranched alkanes of at least 4 members (excludes halogenated alkanes) is 22. The van der Waals surface area contributed by atoms with Crippen molar-refractivity contribution in [3.05, 3.63) is 24.3 Å². The van der Waals surface area contributed by atoms with Gasteiger partial charge < -0.3 is 28.6 Å². The summed E-state index contributed by atoms with van der Waals surface area (Å²) < 4.78 is 17.1. The molecule has 0 amide bonds. The van der Waals surface area contributed by atoms with E-state index in [0.29, 0.717) is 12.8 Å². The van der Waals surface area contributed by atoms with Gasteiger partial charge in [-0.3, -0.25) is 9.59 Å². The number of allylic oxidation sites excluding steroid dienone is 4. The summed E-state index contributed by atoms with van der Waals surface area (Å²) in [7, 11) is 5.41. The Hall–Kier alpha value is -2.19. The zero-order valence-electron chi connectivity index (χ0n) is 35.9. The number of carboxylic acids is 1. The summed E-state index contributed by atoms with van der Waals surface area (Å²) in [4.78, 5) is 36.7. The highest BCUT2D eigenvalue weighted by atomic mass is 16.6. The molecule has 316 valence electrons. The van der Waals surface area contributed by atoms with Crippen LogP contribution in [0.1, 0.15) is 200 Å². The Morgan fingerprint density at radius 2 is 1.04 bits per heavy atom. The van der Waals surface area contributed by atoms with E-state index in [-0.39, 0.29) is 42.7 Å². The predicted octanol–water partition coefficient (Wildman–Crippen LogP) is 10.7. The first kappa shape index (κ1) is 51.8. The standard InChI is InChI=1S/C46H85NO7/c1-6-8-10-12-14-16-17-18-19-20-21-22-23-24-25-26-27-29-30-32-34-36-44(48)53-41-42(40-52-39-38-43(46(50)51)47(3,4)5)54-45(49)37-35-33-31-28-15-13-11-9-7-2/h8,10,14,16,42-43H,6-7,9,11-13,15,17-41H2,1-5H3/b10-8+,16-14+. The smallest absolute Gasteiger partial charge is 0.306 e. The van der Waals surface area contributed by atoms with Gasteiger partial charge in [0.05, 0.1) is 40.3 Å². The molecule has 0 radical (unpaired) electrons. The molecule has 0 fully saturated rings. The van der Waals surface area contributed by atoms with Crippen molar-refractivity contribution in [3.63, 3.8) is 0 Å². The van der Waals surface area contributed by atoms with E-state index >= 15 is 0 Å². The Morgan fingerprint density at radius 1 is 0.574 bits per heavy atom. The average Bonchev–Trinajstić information content (AvgIpc) is 3.12. The summed E-state index contributed by atoms with van der Waals surface area (Å²) in [6.07, 6.45) is 40.7. The minimum atomic E-state index is -1.12. The van der Waals surface area contributed by atoms with Crippen LogP contribution in [0, 0.1) is 0 Å². The molecule has 0 bridgehead atoms. The lowest BCUT2D eigenvalue weighted by atomic mass is 10.0. The van der Waals surface area contributed by atoms with Gasteiger partial charge in [-0.05, 0) is 38.5 Å². The third-order valence-corrected chi connectivity index (χ3v) is 10.1. The molecule has 0 N–H and O–H groups in total. The molecule has 2 atom stereocenters. The van der Waals surface area contributed by atoms with Crippen LogP contribution in [-0.4, -0.2) is 75.5 Å². The summed E-state index contributed by atoms with van der Waals surface area (Å²) in [5.41, 5.74) is 0. The van der Waals surface area contributed by atoms with Crippen molar-refractivity contribution >= 4 is 17.9 Å². The van der Waals surface area contributed by atoms with E-state index in [0.717, 1.165) is 51.4 Å². The number of nitrogens with zero attached hydrogens (tertiary/aromatic N) is 1. The summed E-state index contributed by atoms with van der Waals surface area (Å²) >= 11 is 0. The van der Waals surface area contributed by atoms with Crippen LogP contribution in [0.3, 0.4) is 0 Å². The average molecular weight is 764 g/mol. The van der Waals surface area contributed by atoms with E-state index in [4.69, 9.17) is 14.2 Å². The molecule has 0 aromatic rings. The second-order valence-electron chi connectivity index (χ2n) is 16.3. The highest BCUT2D eigenvalue weighted by Gasteiger charge is 2.25. The fraction of sp³-hybridized carbons (Fsp3) is 0.848. The largest absolute Gasteiger partial charge is 0.544 e. The molecule has 0 aliphatic rings. The molecule has 0 aromatic heterocycles. The van der Waals surface area contributed by atoms with E-state index < -0.39 is 18.1 Å². The van der Waals surface area contributed by atoms with Gasteiger partial charge in [-0.2, -0.15) is 0 Å². The van der Waals surface area contributed by atoms with Crippen LogP contribution >= 0.6 is 0 Å². The first-order valence-electron chi connectivity index (χ1n) is 22.4. The summed E-state index contributed by atoms with van der Waals surface area (Å²) in [5.74, 6) is -1.73. The number of esters is 2. The number of rotatable bonds is 40. The number of ether oxygens (including phenoxy) is 3. The highest BCUT2D eigenvalue weighted by Crippen LogP contribution is 2.15. The SMILES string of the molecule is CC/C=C/C/C=C/CCCCCCCCCCCCCCCCC(=O)OCC(COCCC(C(=O)[O-])[N+](C)(C)C)OC(=O)CCCCCCCCCCC. The van der Waals surface area contributed by atoms with Crippen molar-refractivity contribution < 1.29 is 38.2 Å². The molecule has 0 saturated heterocycles. The van der Waals surface area contributed by atoms with Crippen LogP contribution in [0.25, 0.3) is 0 Å². The first-order chi connectivity index (χ1) is 26.1. The van der Waals surface area contributed by atoms with Gasteiger partial charge in [-0.25, -0.2) is 0 Å². The van der Waals surface area contributed by atoms with Gasteiger partial charge >= 0.3 is 11.9 Å². The lowest BCUT2D eigenvalue weighted by molar-refractivity contribution is -0.889. The Labute approximate surface area is 332 Å². The van der Waals surface area contributed by atoms with Crippen molar-refractivity contribution in [1.82, 2.24) is 0 Å². The molecule has 2 unspecified atom stereocenters. The van der Waals surface area contributed by atoms with Gasteiger partial charge in [-0.1, -0.05) is 167 Å². The van der Waals surface area contributed by atoms with Crippen LogP contribution in [0.4, 0.5) is 0 Å². The fourth-order valence-corrected chi connectivity index (χ4v) is 6.64. The van der Waals surface area contributed by atoms with Crippen molar-refractivity contribution in [3.8, 4) is 0 Å². The highest BCUT2D eigenvalue weighted by molar-refractivity contribution is 5.70. The minimum absolute atomic E-state index is 0.0451. The lowest BCUT2D eigenvalue weighted by Gasteiger charge is -2.34. The summed E-state index contributed by atoms with van der Waals surface area (Å²) in [6, 6.07) is -0.721. The number of carbonyl (C=O) groups excluding carboxylic acids is 3. The maximum absolute atomic E-state index is 12.6. The molecular weight excluding hydrogens is 679 g/mol. The predicted molar refractivity (Wildman–Crippen MR) is 222 cm³/mol. The fourth-order valence-electron chi connectivity index (χ4n) is 6.64.